The van der Waals surface area contributed by atoms with E-state index in [0.29, 0.717) is 18.0 Å². The van der Waals surface area contributed by atoms with E-state index in [0.717, 1.165) is 9.86 Å². The van der Waals surface area contributed by atoms with Crippen molar-refractivity contribution in [3.8, 4) is 0 Å². The van der Waals surface area contributed by atoms with Crippen LogP contribution < -0.4 is 11.1 Å². The maximum absolute atomic E-state index is 5.65. The van der Waals surface area contributed by atoms with Gasteiger partial charge in [-0.3, -0.25) is 5.10 Å². The monoisotopic (exact) mass is 324 g/mol. The van der Waals surface area contributed by atoms with Gasteiger partial charge in [0.2, 0.25) is 5.95 Å². The van der Waals surface area contributed by atoms with E-state index in [2.05, 4.69) is 41.4 Å². The van der Waals surface area contributed by atoms with Gasteiger partial charge in [0.15, 0.2) is 5.65 Å². The van der Waals surface area contributed by atoms with Crippen LogP contribution in [0.25, 0.3) is 11.0 Å². The Morgan fingerprint density at radius 1 is 1.44 bits per heavy atom. The zero-order valence-corrected chi connectivity index (χ0v) is 11.5. The minimum Gasteiger partial charge on any atom is -0.368 e. The number of thiophene rings is 1. The molecular formula is C10H9BrN6S. The lowest BCUT2D eigenvalue weighted by Gasteiger charge is -2.06. The van der Waals surface area contributed by atoms with Crippen molar-refractivity contribution in [1.29, 1.82) is 0 Å². The number of aromatic amines is 1. The molecule has 3 heterocycles. The van der Waals surface area contributed by atoms with Gasteiger partial charge in [0.05, 0.1) is 18.1 Å². The number of nitrogen functional groups attached to an aromatic ring is 1. The normalized spacial score (nSPS) is 10.9. The predicted octanol–water partition coefficient (Wildman–Crippen LogP) is 2.37. The summed E-state index contributed by atoms with van der Waals surface area (Å²) in [6.45, 7) is 0.676. The first-order chi connectivity index (χ1) is 8.74. The average Bonchev–Trinajstić information content (AvgIpc) is 2.94. The Bertz CT molecular complexity index is 691. The molecule has 6 nitrogen and oxygen atoms in total. The molecule has 0 saturated carbocycles. The molecule has 3 rings (SSSR count). The average molecular weight is 325 g/mol. The molecule has 0 aromatic carbocycles. The Balaban J connectivity index is 1.90. The van der Waals surface area contributed by atoms with Crippen LogP contribution in [0, 0.1) is 0 Å². The van der Waals surface area contributed by atoms with Gasteiger partial charge in [-0.1, -0.05) is 0 Å². The first-order valence-corrected chi connectivity index (χ1v) is 6.83. The van der Waals surface area contributed by atoms with E-state index in [9.17, 15) is 0 Å². The van der Waals surface area contributed by atoms with Gasteiger partial charge >= 0.3 is 0 Å². The van der Waals surface area contributed by atoms with Gasteiger partial charge in [-0.25, -0.2) is 0 Å². The van der Waals surface area contributed by atoms with Crippen LogP contribution in [-0.4, -0.2) is 20.2 Å². The Morgan fingerprint density at radius 3 is 3.11 bits per heavy atom. The number of hydrogen-bond donors (Lipinski definition) is 3. The predicted molar refractivity (Wildman–Crippen MR) is 75.4 cm³/mol. The van der Waals surface area contributed by atoms with Crippen molar-refractivity contribution in [1.82, 2.24) is 20.2 Å². The standard InChI is InChI=1S/C10H9BrN6S/c11-6-1-2-18-7(6)4-13-8-5-3-14-17-9(5)16-10(12)15-8/h1-3H,4H2,(H4,12,13,14,15,16,17). The lowest BCUT2D eigenvalue weighted by atomic mass is 10.4. The summed E-state index contributed by atoms with van der Waals surface area (Å²) in [4.78, 5) is 9.45. The molecule has 0 aliphatic heterocycles. The second-order valence-electron chi connectivity index (χ2n) is 3.61. The summed E-state index contributed by atoms with van der Waals surface area (Å²) in [6, 6.07) is 2.02. The molecule has 0 fully saturated rings. The summed E-state index contributed by atoms with van der Waals surface area (Å²) in [7, 11) is 0. The summed E-state index contributed by atoms with van der Waals surface area (Å²) in [5, 5.41) is 12.8. The van der Waals surface area contributed by atoms with Crippen LogP contribution in [0.15, 0.2) is 22.1 Å². The molecule has 0 unspecified atom stereocenters. The highest BCUT2D eigenvalue weighted by Gasteiger charge is 2.08. The lowest BCUT2D eigenvalue weighted by Crippen LogP contribution is -2.04. The maximum Gasteiger partial charge on any atom is 0.224 e. The number of nitrogens with zero attached hydrogens (tertiary/aromatic N) is 3. The number of hydrogen-bond acceptors (Lipinski definition) is 6. The van der Waals surface area contributed by atoms with E-state index < -0.39 is 0 Å². The highest BCUT2D eigenvalue weighted by Crippen LogP contribution is 2.25. The number of halogens is 1. The molecule has 8 heteroatoms. The van der Waals surface area contributed by atoms with E-state index in [-0.39, 0.29) is 5.95 Å². The van der Waals surface area contributed by atoms with Crippen molar-refractivity contribution < 1.29 is 0 Å². The van der Waals surface area contributed by atoms with Gasteiger partial charge in [0.1, 0.15) is 5.82 Å². The fraction of sp³-hybridized carbons (Fsp3) is 0.100. The molecule has 0 radical (unpaired) electrons. The summed E-state index contributed by atoms with van der Waals surface area (Å²) >= 11 is 5.16. The molecule has 0 spiro atoms. The summed E-state index contributed by atoms with van der Waals surface area (Å²) < 4.78 is 1.09. The Hall–Kier alpha value is -1.67. The van der Waals surface area contributed by atoms with Gasteiger partial charge in [-0.05, 0) is 27.4 Å². The fourth-order valence-electron chi connectivity index (χ4n) is 1.60. The van der Waals surface area contributed by atoms with Crippen molar-refractivity contribution >= 4 is 50.1 Å². The molecule has 18 heavy (non-hydrogen) atoms. The SMILES string of the molecule is Nc1nc(NCc2sccc2Br)c2cn[nH]c2n1. The Morgan fingerprint density at radius 2 is 2.33 bits per heavy atom. The largest absolute Gasteiger partial charge is 0.368 e. The molecule has 0 aliphatic rings. The van der Waals surface area contributed by atoms with Gasteiger partial charge in [-0.2, -0.15) is 15.1 Å². The molecule has 92 valence electrons. The fourth-order valence-corrected chi connectivity index (χ4v) is 3.03. The number of rotatable bonds is 3. The third-order valence-corrected chi connectivity index (χ3v) is 4.36. The maximum atomic E-state index is 5.65. The number of aromatic nitrogens is 4. The van der Waals surface area contributed by atoms with E-state index in [1.807, 2.05) is 11.4 Å². The Kier molecular flexibility index (Phi) is 2.88. The first kappa shape index (κ1) is 11.4. The van der Waals surface area contributed by atoms with Crippen LogP contribution in [0.5, 0.6) is 0 Å². The molecule has 0 atom stereocenters. The molecule has 3 aromatic rings. The third kappa shape index (κ3) is 2.04. The van der Waals surface area contributed by atoms with Gasteiger partial charge in [0, 0.05) is 9.35 Å². The van der Waals surface area contributed by atoms with Gasteiger partial charge in [0.25, 0.3) is 0 Å². The minimum atomic E-state index is 0.222. The molecule has 0 aliphatic carbocycles. The summed E-state index contributed by atoms with van der Waals surface area (Å²) in [5.74, 6) is 0.908. The zero-order valence-electron chi connectivity index (χ0n) is 9.14. The number of fused-ring (bicyclic) bond motifs is 1. The highest BCUT2D eigenvalue weighted by molar-refractivity contribution is 9.10. The molecule has 0 bridgehead atoms. The van der Waals surface area contributed by atoms with Crippen LogP contribution in [0.2, 0.25) is 0 Å². The van der Waals surface area contributed by atoms with Crippen LogP contribution in [0.1, 0.15) is 4.88 Å². The van der Waals surface area contributed by atoms with Crippen molar-refractivity contribution in [3.63, 3.8) is 0 Å². The molecule has 3 aromatic heterocycles. The number of nitrogens with one attached hydrogen (secondary N) is 2. The smallest absolute Gasteiger partial charge is 0.224 e. The number of anilines is 2. The lowest BCUT2D eigenvalue weighted by molar-refractivity contribution is 1.09. The molecular weight excluding hydrogens is 316 g/mol. The summed E-state index contributed by atoms with van der Waals surface area (Å²) in [6.07, 6.45) is 1.68. The summed E-state index contributed by atoms with van der Waals surface area (Å²) in [5.41, 5.74) is 6.28. The van der Waals surface area contributed by atoms with Gasteiger partial charge < -0.3 is 11.1 Å². The molecule has 4 N–H and O–H groups in total. The minimum absolute atomic E-state index is 0.222. The van der Waals surface area contributed by atoms with E-state index in [4.69, 9.17) is 5.73 Å². The quantitative estimate of drug-likeness (QED) is 0.687. The molecule has 0 saturated heterocycles. The topological polar surface area (TPSA) is 92.5 Å². The van der Waals surface area contributed by atoms with E-state index in [1.54, 1.807) is 17.5 Å². The number of H-pyrrole nitrogens is 1. The second-order valence-corrected chi connectivity index (χ2v) is 5.46. The first-order valence-electron chi connectivity index (χ1n) is 5.16. The van der Waals surface area contributed by atoms with Crippen molar-refractivity contribution in [2.75, 3.05) is 11.1 Å². The van der Waals surface area contributed by atoms with E-state index in [1.165, 1.54) is 4.88 Å². The Labute approximate surface area is 115 Å². The van der Waals surface area contributed by atoms with Crippen molar-refractivity contribution in [3.05, 3.63) is 27.0 Å². The van der Waals surface area contributed by atoms with Crippen LogP contribution >= 0.6 is 27.3 Å². The van der Waals surface area contributed by atoms with Crippen LogP contribution in [-0.2, 0) is 6.54 Å². The number of nitrogens with two attached hydrogens (primary N) is 1. The zero-order chi connectivity index (χ0) is 12.5. The third-order valence-electron chi connectivity index (χ3n) is 2.43. The second kappa shape index (κ2) is 4.54. The van der Waals surface area contributed by atoms with Gasteiger partial charge in [-0.15, -0.1) is 11.3 Å². The van der Waals surface area contributed by atoms with E-state index >= 15 is 0 Å². The van der Waals surface area contributed by atoms with Crippen molar-refractivity contribution in [2.45, 2.75) is 6.54 Å². The molecule has 0 amide bonds. The van der Waals surface area contributed by atoms with Crippen LogP contribution in [0.4, 0.5) is 11.8 Å². The highest BCUT2D eigenvalue weighted by atomic mass is 79.9. The van der Waals surface area contributed by atoms with Crippen molar-refractivity contribution in [2.24, 2.45) is 0 Å². The van der Waals surface area contributed by atoms with Crippen LogP contribution in [0.3, 0.4) is 0 Å².